The highest BCUT2D eigenvalue weighted by molar-refractivity contribution is 8.00. The van der Waals surface area contributed by atoms with Gasteiger partial charge in [-0.15, -0.1) is 0 Å². The van der Waals surface area contributed by atoms with Gasteiger partial charge in [0.2, 0.25) is 0 Å². The van der Waals surface area contributed by atoms with Crippen molar-refractivity contribution in [2.75, 3.05) is 5.75 Å². The van der Waals surface area contributed by atoms with Gasteiger partial charge in [0.05, 0.1) is 5.25 Å². The van der Waals surface area contributed by atoms with Crippen molar-refractivity contribution in [2.45, 2.75) is 43.8 Å². The number of benzene rings is 1. The van der Waals surface area contributed by atoms with Gasteiger partial charge < -0.3 is 0 Å². The molecule has 3 rings (SSSR count). The van der Waals surface area contributed by atoms with Gasteiger partial charge in [-0.3, -0.25) is 4.79 Å². The zero-order valence-electron chi connectivity index (χ0n) is 10.1. The molecule has 0 amide bonds. The number of aryl methyl sites for hydroxylation is 2. The molecule has 1 aliphatic carbocycles. The van der Waals surface area contributed by atoms with Crippen molar-refractivity contribution in [1.29, 1.82) is 0 Å². The second-order valence-electron chi connectivity index (χ2n) is 5.06. The number of hydrogen-bond donors (Lipinski definition) is 0. The third-order valence-electron chi connectivity index (χ3n) is 3.86. The zero-order valence-corrected chi connectivity index (χ0v) is 10.9. The van der Waals surface area contributed by atoms with Crippen LogP contribution in [-0.4, -0.2) is 16.8 Å². The SMILES string of the molecule is O=C(c1ccc2c(c1)CCC2)C1CCCCS1. The standard InChI is InChI=1S/C15H18OS/c16-15(14-6-1-2-9-17-14)13-8-7-11-4-3-5-12(11)10-13/h7-8,10,14H,1-6,9H2. The van der Waals surface area contributed by atoms with Crippen LogP contribution in [0.1, 0.15) is 47.2 Å². The van der Waals surface area contributed by atoms with Gasteiger partial charge in [0.25, 0.3) is 0 Å². The van der Waals surface area contributed by atoms with Crippen LogP contribution in [0, 0.1) is 0 Å². The predicted molar refractivity (Wildman–Crippen MR) is 72.9 cm³/mol. The number of carbonyl (C=O) groups is 1. The van der Waals surface area contributed by atoms with Crippen LogP contribution < -0.4 is 0 Å². The van der Waals surface area contributed by atoms with Crippen molar-refractivity contribution in [3.8, 4) is 0 Å². The van der Waals surface area contributed by atoms with E-state index in [0.717, 1.165) is 24.2 Å². The van der Waals surface area contributed by atoms with E-state index in [1.807, 2.05) is 17.8 Å². The first-order valence-corrected chi connectivity index (χ1v) is 7.67. The summed E-state index contributed by atoms with van der Waals surface area (Å²) in [6.45, 7) is 0. The molecule has 1 aromatic carbocycles. The minimum atomic E-state index is 0.225. The van der Waals surface area contributed by atoms with Gasteiger partial charge >= 0.3 is 0 Å². The molecule has 0 N–H and O–H groups in total. The van der Waals surface area contributed by atoms with Gasteiger partial charge in [-0.1, -0.05) is 18.6 Å². The molecular weight excluding hydrogens is 228 g/mol. The van der Waals surface area contributed by atoms with Crippen LogP contribution in [0.2, 0.25) is 0 Å². The number of Topliss-reactive ketones (excluding diaryl/α,β-unsaturated/α-hetero) is 1. The summed E-state index contributed by atoms with van der Waals surface area (Å²) in [5, 5.41) is 0.225. The van der Waals surface area contributed by atoms with Crippen molar-refractivity contribution in [3.63, 3.8) is 0 Å². The number of fused-ring (bicyclic) bond motifs is 1. The second-order valence-corrected chi connectivity index (χ2v) is 6.37. The van der Waals surface area contributed by atoms with E-state index in [1.54, 1.807) is 0 Å². The Bertz CT molecular complexity index is 433. The molecule has 1 heterocycles. The summed E-state index contributed by atoms with van der Waals surface area (Å²) < 4.78 is 0. The van der Waals surface area contributed by atoms with E-state index in [4.69, 9.17) is 0 Å². The van der Waals surface area contributed by atoms with Crippen molar-refractivity contribution in [2.24, 2.45) is 0 Å². The van der Waals surface area contributed by atoms with Crippen molar-refractivity contribution in [3.05, 3.63) is 34.9 Å². The molecule has 1 atom stereocenters. The normalized spacial score (nSPS) is 23.4. The number of rotatable bonds is 2. The smallest absolute Gasteiger partial charge is 0.175 e. The zero-order chi connectivity index (χ0) is 11.7. The first-order valence-electron chi connectivity index (χ1n) is 6.62. The van der Waals surface area contributed by atoms with E-state index < -0.39 is 0 Å². The number of ketones is 1. The summed E-state index contributed by atoms with van der Waals surface area (Å²) >= 11 is 1.85. The van der Waals surface area contributed by atoms with Crippen molar-refractivity contribution >= 4 is 17.5 Å². The van der Waals surface area contributed by atoms with Crippen molar-refractivity contribution in [1.82, 2.24) is 0 Å². The summed E-state index contributed by atoms with van der Waals surface area (Å²) in [6.07, 6.45) is 7.18. The fourth-order valence-electron chi connectivity index (χ4n) is 2.86. The molecule has 2 aliphatic rings. The molecule has 1 aliphatic heterocycles. The fourth-order valence-corrected chi connectivity index (χ4v) is 4.13. The summed E-state index contributed by atoms with van der Waals surface area (Å²) in [4.78, 5) is 12.4. The quantitative estimate of drug-likeness (QED) is 0.741. The Morgan fingerprint density at radius 3 is 2.82 bits per heavy atom. The molecule has 1 nitrogen and oxygen atoms in total. The minimum Gasteiger partial charge on any atom is -0.293 e. The summed E-state index contributed by atoms with van der Waals surface area (Å²) in [6, 6.07) is 6.37. The third kappa shape index (κ3) is 2.28. The average Bonchev–Trinajstić information content (AvgIpc) is 2.86. The molecule has 0 saturated carbocycles. The van der Waals surface area contributed by atoms with Gasteiger partial charge in [-0.25, -0.2) is 0 Å². The Morgan fingerprint density at radius 2 is 2.00 bits per heavy atom. The Kier molecular flexibility index (Phi) is 3.24. The lowest BCUT2D eigenvalue weighted by Crippen LogP contribution is -2.21. The lowest BCUT2D eigenvalue weighted by molar-refractivity contribution is 0.0984. The molecular formula is C15H18OS. The van der Waals surface area contributed by atoms with Gasteiger partial charge in [-0.05, 0) is 55.1 Å². The maximum Gasteiger partial charge on any atom is 0.175 e. The maximum absolute atomic E-state index is 12.4. The maximum atomic E-state index is 12.4. The molecule has 0 spiro atoms. The molecule has 1 fully saturated rings. The van der Waals surface area contributed by atoms with Gasteiger partial charge in [0, 0.05) is 5.56 Å². The average molecular weight is 246 g/mol. The van der Waals surface area contributed by atoms with E-state index in [-0.39, 0.29) is 5.25 Å². The first-order chi connectivity index (χ1) is 8.34. The van der Waals surface area contributed by atoms with Crippen LogP contribution in [0.3, 0.4) is 0 Å². The molecule has 1 unspecified atom stereocenters. The van der Waals surface area contributed by atoms with E-state index in [0.29, 0.717) is 5.78 Å². The Morgan fingerprint density at radius 1 is 1.12 bits per heavy atom. The third-order valence-corrected chi connectivity index (χ3v) is 5.23. The molecule has 90 valence electrons. The van der Waals surface area contributed by atoms with Gasteiger partial charge in [-0.2, -0.15) is 11.8 Å². The molecule has 17 heavy (non-hydrogen) atoms. The minimum absolute atomic E-state index is 0.225. The topological polar surface area (TPSA) is 17.1 Å². The summed E-state index contributed by atoms with van der Waals surface area (Å²) in [5.41, 5.74) is 3.82. The molecule has 1 saturated heterocycles. The highest BCUT2D eigenvalue weighted by atomic mass is 32.2. The second kappa shape index (κ2) is 4.85. The van der Waals surface area contributed by atoms with Crippen molar-refractivity contribution < 1.29 is 4.79 Å². The van der Waals surface area contributed by atoms with Crippen LogP contribution in [0.4, 0.5) is 0 Å². The van der Waals surface area contributed by atoms with Crippen LogP contribution in [0.15, 0.2) is 18.2 Å². The van der Waals surface area contributed by atoms with Crippen LogP contribution in [0.5, 0.6) is 0 Å². The lowest BCUT2D eigenvalue weighted by Gasteiger charge is -2.20. The molecule has 1 aromatic rings. The molecule has 2 heteroatoms. The Labute approximate surface area is 107 Å². The number of hydrogen-bond acceptors (Lipinski definition) is 2. The largest absolute Gasteiger partial charge is 0.293 e. The fraction of sp³-hybridized carbons (Fsp3) is 0.533. The lowest BCUT2D eigenvalue weighted by atomic mass is 10.00. The summed E-state index contributed by atoms with van der Waals surface area (Å²) in [5.74, 6) is 1.52. The highest BCUT2D eigenvalue weighted by Gasteiger charge is 2.23. The van der Waals surface area contributed by atoms with Crippen LogP contribution >= 0.6 is 11.8 Å². The van der Waals surface area contributed by atoms with Crippen LogP contribution in [-0.2, 0) is 12.8 Å². The highest BCUT2D eigenvalue weighted by Crippen LogP contribution is 2.29. The summed E-state index contributed by atoms with van der Waals surface area (Å²) in [7, 11) is 0. The molecule has 0 radical (unpaired) electrons. The monoisotopic (exact) mass is 246 g/mol. The molecule has 0 bridgehead atoms. The number of carbonyl (C=O) groups excluding carboxylic acids is 1. The van der Waals surface area contributed by atoms with Crippen LogP contribution in [0.25, 0.3) is 0 Å². The van der Waals surface area contributed by atoms with E-state index in [2.05, 4.69) is 12.1 Å². The predicted octanol–water partition coefficient (Wildman–Crippen LogP) is 3.64. The Balaban J connectivity index is 1.81. The first kappa shape index (κ1) is 11.3. The molecule has 0 aromatic heterocycles. The Hall–Kier alpha value is -0.760. The van der Waals surface area contributed by atoms with E-state index in [9.17, 15) is 4.79 Å². The van der Waals surface area contributed by atoms with Gasteiger partial charge in [0.1, 0.15) is 0 Å². The van der Waals surface area contributed by atoms with E-state index in [1.165, 1.54) is 36.8 Å². The number of thioether (sulfide) groups is 1. The van der Waals surface area contributed by atoms with E-state index >= 15 is 0 Å². The van der Waals surface area contributed by atoms with Gasteiger partial charge in [0.15, 0.2) is 5.78 Å².